The third-order valence-corrected chi connectivity index (χ3v) is 5.90. The number of aliphatic imine (C=N–C) groups is 1. The Morgan fingerprint density at radius 2 is 1.68 bits per heavy atom. The quantitative estimate of drug-likeness (QED) is 0.414. The molecule has 2 atom stereocenters. The maximum absolute atomic E-state index is 6.99. The highest BCUT2D eigenvalue weighted by Crippen LogP contribution is 2.42. The first-order chi connectivity index (χ1) is 16.4. The summed E-state index contributed by atoms with van der Waals surface area (Å²) in [6.07, 6.45) is 6.75. The normalized spacial score (nSPS) is 22.0. The lowest BCUT2D eigenvalue weighted by molar-refractivity contribution is 0.397. The molecule has 0 radical (unpaired) electrons. The zero-order valence-corrected chi connectivity index (χ0v) is 19.0. The number of hydrogen-bond donors (Lipinski definition) is 3. The molecular weight excluding hydrogens is 432 g/mol. The number of benzene rings is 1. The lowest BCUT2D eigenvalue weighted by Gasteiger charge is -2.36. The van der Waals surface area contributed by atoms with Crippen LogP contribution in [0.4, 0.5) is 0 Å². The van der Waals surface area contributed by atoms with Gasteiger partial charge in [0.15, 0.2) is 11.3 Å². The Morgan fingerprint density at radius 3 is 2.35 bits per heavy atom. The maximum atomic E-state index is 6.99. The van der Waals surface area contributed by atoms with Crippen molar-refractivity contribution >= 4 is 23.0 Å². The van der Waals surface area contributed by atoms with E-state index in [0.717, 1.165) is 11.3 Å². The Bertz CT molecular complexity index is 1410. The van der Waals surface area contributed by atoms with E-state index in [2.05, 4.69) is 19.9 Å². The fraction of sp³-hybridized carbons (Fsp3) is 0.208. The van der Waals surface area contributed by atoms with Gasteiger partial charge >= 0.3 is 0 Å². The van der Waals surface area contributed by atoms with Crippen LogP contribution in [0, 0.1) is 6.92 Å². The molecule has 4 aromatic rings. The zero-order valence-electron chi connectivity index (χ0n) is 19.0. The van der Waals surface area contributed by atoms with Crippen molar-refractivity contribution in [3.8, 4) is 11.6 Å². The van der Waals surface area contributed by atoms with Crippen LogP contribution in [0.1, 0.15) is 22.6 Å². The molecule has 0 bridgehead atoms. The number of imidazole rings is 1. The highest BCUT2D eigenvalue weighted by molar-refractivity contribution is 5.94. The highest BCUT2D eigenvalue weighted by Gasteiger charge is 2.41. The van der Waals surface area contributed by atoms with Crippen LogP contribution in [-0.4, -0.2) is 45.4 Å². The number of ether oxygens (including phenoxy) is 2. The minimum Gasteiger partial charge on any atom is -0.497 e. The van der Waals surface area contributed by atoms with Gasteiger partial charge in [0, 0.05) is 29.6 Å². The molecule has 2 unspecified atom stereocenters. The monoisotopic (exact) mass is 456 g/mol. The molecule has 0 saturated carbocycles. The molecule has 0 aliphatic carbocycles. The Morgan fingerprint density at radius 1 is 0.912 bits per heavy atom. The number of fused-ring (bicyclic) bond motifs is 1. The summed E-state index contributed by atoms with van der Waals surface area (Å²) in [5.74, 6) is 1.75. The molecule has 1 aliphatic rings. The molecule has 0 fully saturated rings. The predicted molar refractivity (Wildman–Crippen MR) is 128 cm³/mol. The summed E-state index contributed by atoms with van der Waals surface area (Å²) in [6.45, 7) is 1.80. The van der Waals surface area contributed by atoms with E-state index in [9.17, 15) is 0 Å². The van der Waals surface area contributed by atoms with Crippen molar-refractivity contribution in [2.75, 3.05) is 14.2 Å². The number of aromatic nitrogens is 5. The average Bonchev–Trinajstić information content (AvgIpc) is 3.34. The molecule has 10 nitrogen and oxygen atoms in total. The van der Waals surface area contributed by atoms with Crippen molar-refractivity contribution in [2.24, 2.45) is 16.5 Å². The van der Waals surface area contributed by atoms with E-state index in [4.69, 9.17) is 30.9 Å². The Hall–Kier alpha value is -4.15. The number of hydrogen-bond acceptors (Lipinski definition) is 9. The average molecular weight is 457 g/mol. The van der Waals surface area contributed by atoms with Crippen LogP contribution in [0.25, 0.3) is 16.7 Å². The molecule has 34 heavy (non-hydrogen) atoms. The molecule has 1 aromatic carbocycles. The minimum absolute atomic E-state index is 0.470. The van der Waals surface area contributed by atoms with E-state index >= 15 is 0 Å². The highest BCUT2D eigenvalue weighted by atomic mass is 16.5. The van der Waals surface area contributed by atoms with Gasteiger partial charge in [-0.1, -0.05) is 12.1 Å². The van der Waals surface area contributed by atoms with Crippen LogP contribution in [-0.2, 0) is 11.2 Å². The van der Waals surface area contributed by atoms with Crippen molar-refractivity contribution in [2.45, 2.75) is 18.1 Å². The second-order valence-corrected chi connectivity index (χ2v) is 8.05. The van der Waals surface area contributed by atoms with Crippen LogP contribution in [0.3, 0.4) is 0 Å². The Labute approximate surface area is 195 Å². The third kappa shape index (κ3) is 3.49. The smallest absolute Gasteiger partial charge is 0.212 e. The van der Waals surface area contributed by atoms with Crippen LogP contribution in [0.2, 0.25) is 0 Å². The predicted octanol–water partition coefficient (Wildman–Crippen LogP) is 2.21. The first-order valence-corrected chi connectivity index (χ1v) is 10.6. The van der Waals surface area contributed by atoms with Crippen molar-refractivity contribution in [1.29, 1.82) is 0 Å². The SMILES string of the molecule is COc1ccc(C2(N)C=NC(N)(c3ccc(OC)nc3)C(c3nc(C)nc4nc[nH]c34)=C2)cc1. The van der Waals surface area contributed by atoms with Gasteiger partial charge in [0.05, 0.1) is 31.8 Å². The summed E-state index contributed by atoms with van der Waals surface area (Å²) in [7, 11) is 3.17. The van der Waals surface area contributed by atoms with Crippen LogP contribution < -0.4 is 20.9 Å². The van der Waals surface area contributed by atoms with E-state index < -0.39 is 11.2 Å². The number of dihydropyridines is 1. The second-order valence-electron chi connectivity index (χ2n) is 8.05. The molecule has 10 heteroatoms. The Balaban J connectivity index is 1.74. The van der Waals surface area contributed by atoms with Gasteiger partial charge in [-0.3, -0.25) is 10.7 Å². The van der Waals surface area contributed by atoms with E-state index in [-0.39, 0.29) is 0 Å². The van der Waals surface area contributed by atoms with Gasteiger partial charge in [0.25, 0.3) is 0 Å². The standard InChI is InChI=1S/C24H24N8O2/c1-14-31-20(21-22(32-14)29-13-28-21)18-10-23(25,15-4-7-17(33-2)8-5-15)12-30-24(18,26)16-6-9-19(34-3)27-11-16/h4-13H,25-26H2,1-3H3,(H,28,29,31,32). The summed E-state index contributed by atoms with van der Waals surface area (Å²) in [5, 5.41) is 0. The fourth-order valence-electron chi connectivity index (χ4n) is 4.04. The number of nitrogens with zero attached hydrogens (tertiary/aromatic N) is 5. The van der Waals surface area contributed by atoms with Crippen LogP contribution in [0.5, 0.6) is 11.6 Å². The summed E-state index contributed by atoms with van der Waals surface area (Å²) >= 11 is 0. The first kappa shape index (κ1) is 21.7. The van der Waals surface area contributed by atoms with Crippen LogP contribution >= 0.6 is 0 Å². The topological polar surface area (TPSA) is 150 Å². The molecule has 5 rings (SSSR count). The molecule has 5 N–H and O–H groups in total. The van der Waals surface area contributed by atoms with Crippen molar-refractivity contribution in [3.05, 3.63) is 77.6 Å². The molecule has 172 valence electrons. The number of nitrogens with two attached hydrogens (primary N) is 2. The molecule has 0 saturated heterocycles. The summed E-state index contributed by atoms with van der Waals surface area (Å²) in [6, 6.07) is 11.1. The van der Waals surface area contributed by atoms with Gasteiger partial charge in [0.2, 0.25) is 5.88 Å². The van der Waals surface area contributed by atoms with Gasteiger partial charge < -0.3 is 20.2 Å². The minimum atomic E-state index is -1.31. The number of pyridine rings is 1. The van der Waals surface area contributed by atoms with Crippen molar-refractivity contribution < 1.29 is 9.47 Å². The van der Waals surface area contributed by atoms with E-state index in [1.54, 1.807) is 45.9 Å². The van der Waals surface area contributed by atoms with E-state index in [1.807, 2.05) is 36.4 Å². The number of methoxy groups -OCH3 is 2. The lowest BCUT2D eigenvalue weighted by atomic mass is 9.80. The summed E-state index contributed by atoms with van der Waals surface area (Å²) < 4.78 is 10.5. The maximum Gasteiger partial charge on any atom is 0.212 e. The van der Waals surface area contributed by atoms with E-state index in [1.165, 1.54) is 0 Å². The van der Waals surface area contributed by atoms with Crippen molar-refractivity contribution in [3.63, 3.8) is 0 Å². The third-order valence-electron chi connectivity index (χ3n) is 5.90. The van der Waals surface area contributed by atoms with Crippen LogP contribution in [0.15, 0.2) is 60.0 Å². The van der Waals surface area contributed by atoms with Gasteiger partial charge in [-0.2, -0.15) is 0 Å². The number of aromatic amines is 1. The summed E-state index contributed by atoms with van der Waals surface area (Å²) in [5.41, 5.74) is 15.3. The molecule has 3 aromatic heterocycles. The second kappa shape index (κ2) is 8.01. The van der Waals surface area contributed by atoms with Gasteiger partial charge in [0.1, 0.15) is 17.1 Å². The lowest BCUT2D eigenvalue weighted by Crippen LogP contribution is -2.46. The Kier molecular flexibility index (Phi) is 5.11. The largest absolute Gasteiger partial charge is 0.497 e. The summed E-state index contributed by atoms with van der Waals surface area (Å²) in [4.78, 5) is 25.7. The molecule has 0 amide bonds. The zero-order chi connectivity index (χ0) is 23.9. The number of nitrogens with one attached hydrogen (secondary N) is 1. The fourth-order valence-corrected chi connectivity index (χ4v) is 4.04. The molecule has 4 heterocycles. The van der Waals surface area contributed by atoms with E-state index in [0.29, 0.717) is 39.7 Å². The molecule has 1 aliphatic heterocycles. The number of aryl methyl sites for hydroxylation is 1. The van der Waals surface area contributed by atoms with Gasteiger partial charge in [-0.05, 0) is 36.8 Å². The number of rotatable bonds is 5. The van der Waals surface area contributed by atoms with Gasteiger partial charge in [-0.15, -0.1) is 0 Å². The molecular formula is C24H24N8O2. The first-order valence-electron chi connectivity index (χ1n) is 10.6. The van der Waals surface area contributed by atoms with Gasteiger partial charge in [-0.25, -0.2) is 19.9 Å². The number of H-pyrrole nitrogens is 1. The molecule has 0 spiro atoms. The van der Waals surface area contributed by atoms with Crippen molar-refractivity contribution in [1.82, 2.24) is 24.9 Å².